The fourth-order valence-corrected chi connectivity index (χ4v) is 4.93. The Morgan fingerprint density at radius 1 is 1.06 bits per heavy atom. The van der Waals surface area contributed by atoms with Gasteiger partial charge in [-0.1, -0.05) is 61.9 Å². The van der Waals surface area contributed by atoms with E-state index < -0.39 is 0 Å². The van der Waals surface area contributed by atoms with Gasteiger partial charge in [0.05, 0.1) is 23.8 Å². The van der Waals surface area contributed by atoms with E-state index >= 15 is 0 Å². The molecule has 0 unspecified atom stereocenters. The van der Waals surface area contributed by atoms with E-state index in [0.29, 0.717) is 24.3 Å². The van der Waals surface area contributed by atoms with Gasteiger partial charge >= 0.3 is 0 Å². The van der Waals surface area contributed by atoms with Gasteiger partial charge in [0, 0.05) is 25.1 Å². The summed E-state index contributed by atoms with van der Waals surface area (Å²) < 4.78 is 7.84. The topological polar surface area (TPSA) is 67.9 Å². The van der Waals surface area contributed by atoms with Crippen molar-refractivity contribution in [1.29, 1.82) is 5.26 Å². The van der Waals surface area contributed by atoms with Crippen molar-refractivity contribution in [1.82, 2.24) is 9.55 Å². The van der Waals surface area contributed by atoms with Crippen LogP contribution in [0.3, 0.4) is 0 Å². The number of nitriles is 1. The highest BCUT2D eigenvalue weighted by molar-refractivity contribution is 5.71. The van der Waals surface area contributed by atoms with Crippen molar-refractivity contribution in [3.63, 3.8) is 0 Å². The summed E-state index contributed by atoms with van der Waals surface area (Å²) in [5, 5.41) is 9.46. The number of hydrogen-bond donors (Lipinski definition) is 0. The van der Waals surface area contributed by atoms with E-state index in [1.54, 1.807) is 0 Å². The first-order valence-corrected chi connectivity index (χ1v) is 12.5. The molecule has 5 heteroatoms. The Kier molecular flexibility index (Phi) is 6.69. The number of aryl methyl sites for hydroxylation is 1. The second-order valence-electron chi connectivity index (χ2n) is 9.26. The van der Waals surface area contributed by atoms with Crippen LogP contribution in [0.5, 0.6) is 5.75 Å². The zero-order chi connectivity index (χ0) is 25.1. The van der Waals surface area contributed by atoms with E-state index in [1.165, 1.54) is 0 Å². The van der Waals surface area contributed by atoms with Crippen LogP contribution < -0.4 is 10.3 Å². The summed E-state index contributed by atoms with van der Waals surface area (Å²) in [6.45, 7) is 5.48. The van der Waals surface area contributed by atoms with Crippen LogP contribution in [-0.4, -0.2) is 16.2 Å². The minimum absolute atomic E-state index is 0.169. The summed E-state index contributed by atoms with van der Waals surface area (Å²) in [5.41, 5.74) is 7.18. The maximum Gasteiger partial charge on any atom is 0.281 e. The van der Waals surface area contributed by atoms with E-state index in [2.05, 4.69) is 52.9 Å². The van der Waals surface area contributed by atoms with Crippen LogP contribution in [0.25, 0.3) is 22.3 Å². The molecule has 0 radical (unpaired) electrons. The maximum absolute atomic E-state index is 13.2. The minimum atomic E-state index is -0.169. The first kappa shape index (κ1) is 23.6. The molecular weight excluding hydrogens is 446 g/mol. The van der Waals surface area contributed by atoms with Gasteiger partial charge in [-0.05, 0) is 59.4 Å². The van der Waals surface area contributed by atoms with Gasteiger partial charge in [0.15, 0.2) is 0 Å². The van der Waals surface area contributed by atoms with Crippen molar-refractivity contribution in [2.45, 2.75) is 46.1 Å². The van der Waals surface area contributed by atoms with Crippen LogP contribution in [0.2, 0.25) is 0 Å². The van der Waals surface area contributed by atoms with Crippen LogP contribution in [0.15, 0.2) is 71.5 Å². The van der Waals surface area contributed by atoms with E-state index in [-0.39, 0.29) is 5.56 Å². The molecule has 0 saturated carbocycles. The van der Waals surface area contributed by atoms with Gasteiger partial charge in [-0.25, -0.2) is 0 Å². The van der Waals surface area contributed by atoms with Crippen molar-refractivity contribution in [2.75, 3.05) is 6.61 Å². The van der Waals surface area contributed by atoms with Gasteiger partial charge in [0.1, 0.15) is 11.6 Å². The lowest BCUT2D eigenvalue weighted by atomic mass is 9.99. The average Bonchev–Trinajstić information content (AvgIpc) is 3.38. The molecule has 3 aromatic carbocycles. The molecule has 0 spiro atoms. The molecule has 4 aromatic rings. The maximum atomic E-state index is 13.2. The zero-order valence-electron chi connectivity index (χ0n) is 20.8. The summed E-state index contributed by atoms with van der Waals surface area (Å²) >= 11 is 0. The zero-order valence-corrected chi connectivity index (χ0v) is 20.8. The fourth-order valence-electron chi connectivity index (χ4n) is 4.93. The molecule has 2 heterocycles. The normalized spacial score (nSPS) is 12.1. The average molecular weight is 476 g/mol. The number of nitrogens with zero attached hydrogens (tertiary/aromatic N) is 3. The molecule has 0 atom stereocenters. The van der Waals surface area contributed by atoms with Crippen LogP contribution in [0, 0.1) is 18.3 Å². The summed E-state index contributed by atoms with van der Waals surface area (Å²) in [4.78, 5) is 17.8. The number of rotatable bonds is 7. The molecule has 5 nitrogen and oxygen atoms in total. The number of ether oxygens (including phenoxy) is 1. The molecule has 5 rings (SSSR count). The number of aromatic nitrogens is 2. The van der Waals surface area contributed by atoms with E-state index in [0.717, 1.165) is 70.8 Å². The van der Waals surface area contributed by atoms with Crippen LogP contribution in [0.1, 0.15) is 48.0 Å². The van der Waals surface area contributed by atoms with Gasteiger partial charge in [-0.2, -0.15) is 10.2 Å². The summed E-state index contributed by atoms with van der Waals surface area (Å²) in [6.07, 6.45) is 3.64. The van der Waals surface area contributed by atoms with E-state index in [1.807, 2.05) is 43.3 Å². The SMILES string of the molecule is CCCCc1nc(=O)c(-c2ccc3c(c2)CCO3)c(C)n1Cc1ccc(-c2ccccc2C#N)cc1. The molecule has 180 valence electrons. The highest BCUT2D eigenvalue weighted by Gasteiger charge is 2.19. The lowest BCUT2D eigenvalue weighted by Gasteiger charge is -2.19. The molecular formula is C31H29N3O2. The van der Waals surface area contributed by atoms with E-state index in [9.17, 15) is 10.1 Å². The smallest absolute Gasteiger partial charge is 0.281 e. The van der Waals surface area contributed by atoms with Crippen LogP contribution >= 0.6 is 0 Å². The van der Waals surface area contributed by atoms with Gasteiger partial charge < -0.3 is 9.30 Å². The Balaban J connectivity index is 1.53. The first-order chi connectivity index (χ1) is 17.6. The number of unbranched alkanes of at least 4 members (excludes halogenated alkanes) is 1. The number of hydrogen-bond acceptors (Lipinski definition) is 4. The van der Waals surface area contributed by atoms with Crippen molar-refractivity contribution >= 4 is 0 Å². The second kappa shape index (κ2) is 10.2. The van der Waals surface area contributed by atoms with Crippen molar-refractivity contribution in [3.05, 3.63) is 105 Å². The molecule has 0 aliphatic carbocycles. The highest BCUT2D eigenvalue weighted by Crippen LogP contribution is 2.31. The molecule has 1 aromatic heterocycles. The Hall–Kier alpha value is -4.17. The predicted octanol–water partition coefficient (Wildman–Crippen LogP) is 6.08. The standard InChI is InChI=1S/C31H29N3O2/c1-3-4-9-29-33-31(35)30(25-14-15-28-24(18-25)16-17-36-28)21(2)34(29)20-22-10-12-23(13-11-22)27-8-6-5-7-26(27)19-32/h5-8,10-15,18H,3-4,9,16-17,20H2,1-2H3. The van der Waals surface area contributed by atoms with Crippen molar-refractivity contribution < 1.29 is 4.74 Å². The van der Waals surface area contributed by atoms with Gasteiger partial charge in [-0.15, -0.1) is 0 Å². The molecule has 0 amide bonds. The quantitative estimate of drug-likeness (QED) is 0.325. The first-order valence-electron chi connectivity index (χ1n) is 12.5. The lowest BCUT2D eigenvalue weighted by Crippen LogP contribution is -2.23. The van der Waals surface area contributed by atoms with Gasteiger partial charge in [0.25, 0.3) is 5.56 Å². The Labute approximate surface area is 211 Å². The van der Waals surface area contributed by atoms with E-state index in [4.69, 9.17) is 4.74 Å². The molecule has 36 heavy (non-hydrogen) atoms. The van der Waals surface area contributed by atoms with Crippen molar-refractivity contribution in [3.8, 4) is 34.1 Å². The molecule has 0 N–H and O–H groups in total. The minimum Gasteiger partial charge on any atom is -0.493 e. The fraction of sp³-hybridized carbons (Fsp3) is 0.258. The van der Waals surface area contributed by atoms with Crippen LogP contribution in [-0.2, 0) is 19.4 Å². The summed E-state index contributed by atoms with van der Waals surface area (Å²) in [6, 6.07) is 24.2. The lowest BCUT2D eigenvalue weighted by molar-refractivity contribution is 0.357. The highest BCUT2D eigenvalue weighted by atomic mass is 16.5. The molecule has 0 bridgehead atoms. The molecule has 1 aliphatic rings. The number of benzene rings is 3. The van der Waals surface area contributed by atoms with Gasteiger partial charge in [-0.3, -0.25) is 4.79 Å². The van der Waals surface area contributed by atoms with Gasteiger partial charge in [0.2, 0.25) is 0 Å². The largest absolute Gasteiger partial charge is 0.493 e. The third-order valence-electron chi connectivity index (χ3n) is 6.91. The molecule has 1 aliphatic heterocycles. The Bertz CT molecular complexity index is 1510. The monoisotopic (exact) mass is 475 g/mol. The number of fused-ring (bicyclic) bond motifs is 1. The second-order valence-corrected chi connectivity index (χ2v) is 9.26. The third kappa shape index (κ3) is 4.55. The molecule has 0 fully saturated rings. The van der Waals surface area contributed by atoms with Crippen LogP contribution in [0.4, 0.5) is 0 Å². The molecule has 0 saturated heterocycles. The Morgan fingerprint density at radius 3 is 2.61 bits per heavy atom. The summed E-state index contributed by atoms with van der Waals surface area (Å²) in [7, 11) is 0. The predicted molar refractivity (Wildman–Crippen MR) is 142 cm³/mol. The summed E-state index contributed by atoms with van der Waals surface area (Å²) in [5.74, 6) is 1.73. The third-order valence-corrected chi connectivity index (χ3v) is 6.91. The van der Waals surface area contributed by atoms with Crippen molar-refractivity contribution in [2.24, 2.45) is 0 Å². The Morgan fingerprint density at radius 2 is 1.83 bits per heavy atom.